The molecular weight excluding hydrogens is 310 g/mol. The lowest BCUT2D eigenvalue weighted by Gasteiger charge is -2.10. The minimum absolute atomic E-state index is 0.215. The lowest BCUT2D eigenvalue weighted by molar-refractivity contribution is 0.0983. The summed E-state index contributed by atoms with van der Waals surface area (Å²) in [5.74, 6) is 1.11. The number of aromatic nitrogens is 1. The van der Waals surface area contributed by atoms with Crippen LogP contribution in [0.3, 0.4) is 0 Å². The zero-order valence-corrected chi connectivity index (χ0v) is 15.2. The van der Waals surface area contributed by atoms with Crippen molar-refractivity contribution < 1.29 is 9.53 Å². The smallest absolute Gasteiger partial charge is 0.165 e. The van der Waals surface area contributed by atoms with Gasteiger partial charge in [-0.25, -0.2) is 0 Å². The number of hydrogen-bond acceptors (Lipinski definition) is 2. The average Bonchev–Trinajstić information content (AvgIpc) is 2.97. The number of benzene rings is 2. The summed E-state index contributed by atoms with van der Waals surface area (Å²) in [5.41, 5.74) is 4.41. The quantitative estimate of drug-likeness (QED) is 0.547. The maximum absolute atomic E-state index is 12.4. The molecule has 0 saturated heterocycles. The second-order valence-corrected chi connectivity index (χ2v) is 6.52. The molecule has 0 atom stereocenters. The van der Waals surface area contributed by atoms with Gasteiger partial charge in [0, 0.05) is 29.1 Å². The molecule has 3 rings (SSSR count). The van der Waals surface area contributed by atoms with E-state index < -0.39 is 0 Å². The van der Waals surface area contributed by atoms with Gasteiger partial charge in [-0.3, -0.25) is 4.79 Å². The van der Waals surface area contributed by atoms with Crippen molar-refractivity contribution in [1.29, 1.82) is 0 Å². The fourth-order valence-corrected chi connectivity index (χ4v) is 3.08. The van der Waals surface area contributed by atoms with Crippen LogP contribution in [0.1, 0.15) is 41.3 Å². The predicted octanol–water partition coefficient (Wildman–Crippen LogP) is 5.32. The molecule has 0 unspecified atom stereocenters. The van der Waals surface area contributed by atoms with Crippen LogP contribution in [0.5, 0.6) is 5.75 Å². The van der Waals surface area contributed by atoms with Crippen molar-refractivity contribution in [3.63, 3.8) is 0 Å². The first kappa shape index (κ1) is 17.3. The molecule has 0 radical (unpaired) electrons. The van der Waals surface area contributed by atoms with Gasteiger partial charge in [0.1, 0.15) is 12.4 Å². The average molecular weight is 335 g/mol. The molecule has 0 saturated carbocycles. The highest BCUT2D eigenvalue weighted by atomic mass is 16.5. The molecule has 0 bridgehead atoms. The van der Waals surface area contributed by atoms with Crippen LogP contribution in [-0.2, 0) is 6.54 Å². The molecule has 1 heterocycles. The van der Waals surface area contributed by atoms with Gasteiger partial charge in [-0.15, -0.1) is 0 Å². The van der Waals surface area contributed by atoms with Gasteiger partial charge in [0.05, 0.1) is 6.54 Å². The Morgan fingerprint density at radius 1 is 1.08 bits per heavy atom. The molecule has 0 aliphatic carbocycles. The predicted molar refractivity (Wildman–Crippen MR) is 103 cm³/mol. The molecule has 3 nitrogen and oxygen atoms in total. The Bertz CT molecular complexity index is 892. The van der Waals surface area contributed by atoms with Gasteiger partial charge in [0.25, 0.3) is 0 Å². The number of para-hydroxylation sites is 1. The molecule has 1 aromatic heterocycles. The molecular formula is C22H25NO2. The van der Waals surface area contributed by atoms with E-state index >= 15 is 0 Å². The van der Waals surface area contributed by atoms with E-state index in [1.807, 2.05) is 37.4 Å². The SMILES string of the molecule is CCCC(=O)c1cn(CCOc2ccc(C)c(C)c2)c2ccccc12. The molecule has 0 fully saturated rings. The summed E-state index contributed by atoms with van der Waals surface area (Å²) >= 11 is 0. The van der Waals surface area contributed by atoms with Crippen LogP contribution < -0.4 is 4.74 Å². The van der Waals surface area contributed by atoms with Crippen LogP contribution >= 0.6 is 0 Å². The molecule has 3 heteroatoms. The summed E-state index contributed by atoms with van der Waals surface area (Å²) in [6.45, 7) is 7.51. The number of carbonyl (C=O) groups excluding carboxylic acids is 1. The highest BCUT2D eigenvalue weighted by molar-refractivity contribution is 6.08. The van der Waals surface area contributed by atoms with E-state index in [-0.39, 0.29) is 5.78 Å². The van der Waals surface area contributed by atoms with E-state index in [0.717, 1.165) is 28.6 Å². The molecule has 0 spiro atoms. The topological polar surface area (TPSA) is 31.2 Å². The van der Waals surface area contributed by atoms with E-state index in [1.165, 1.54) is 11.1 Å². The van der Waals surface area contributed by atoms with E-state index in [2.05, 4.69) is 36.6 Å². The number of Topliss-reactive ketones (excluding diaryl/α,β-unsaturated/α-hetero) is 1. The third kappa shape index (κ3) is 3.76. The number of fused-ring (bicyclic) bond motifs is 1. The van der Waals surface area contributed by atoms with E-state index in [1.54, 1.807) is 0 Å². The lowest BCUT2D eigenvalue weighted by atomic mass is 10.1. The Kier molecular flexibility index (Phi) is 5.22. The molecule has 0 amide bonds. The fraction of sp³-hybridized carbons (Fsp3) is 0.318. The third-order valence-corrected chi connectivity index (χ3v) is 4.65. The van der Waals surface area contributed by atoms with Gasteiger partial charge >= 0.3 is 0 Å². The molecule has 0 N–H and O–H groups in total. The van der Waals surface area contributed by atoms with E-state index in [0.29, 0.717) is 19.6 Å². The Balaban J connectivity index is 1.77. The standard InChI is InChI=1S/C22H25NO2/c1-4-7-22(24)20-15-23(21-9-6-5-8-19(20)21)12-13-25-18-11-10-16(2)17(3)14-18/h5-6,8-11,14-15H,4,7,12-13H2,1-3H3. The van der Waals surface area contributed by atoms with Crippen LogP contribution in [0.4, 0.5) is 0 Å². The van der Waals surface area contributed by atoms with Crippen LogP contribution in [0.2, 0.25) is 0 Å². The van der Waals surface area contributed by atoms with Crippen LogP contribution in [0, 0.1) is 13.8 Å². The van der Waals surface area contributed by atoms with Gasteiger partial charge in [-0.2, -0.15) is 0 Å². The summed E-state index contributed by atoms with van der Waals surface area (Å²) in [4.78, 5) is 12.4. The highest BCUT2D eigenvalue weighted by Gasteiger charge is 2.14. The number of ether oxygens (including phenoxy) is 1. The van der Waals surface area contributed by atoms with Crippen LogP contribution in [-0.4, -0.2) is 17.0 Å². The van der Waals surface area contributed by atoms with Gasteiger partial charge in [0.15, 0.2) is 5.78 Å². The van der Waals surface area contributed by atoms with Crippen LogP contribution in [0.15, 0.2) is 48.7 Å². The van der Waals surface area contributed by atoms with Crippen molar-refractivity contribution >= 4 is 16.7 Å². The van der Waals surface area contributed by atoms with Crippen molar-refractivity contribution in [2.45, 2.75) is 40.2 Å². The Labute approximate surface area is 149 Å². The summed E-state index contributed by atoms with van der Waals surface area (Å²) in [5, 5.41) is 1.03. The normalized spacial score (nSPS) is 11.0. The molecule has 0 aliphatic heterocycles. The molecule has 3 aromatic rings. The Morgan fingerprint density at radius 3 is 2.64 bits per heavy atom. The van der Waals surface area contributed by atoms with Gasteiger partial charge in [-0.05, 0) is 49.6 Å². The first-order valence-electron chi connectivity index (χ1n) is 8.91. The maximum atomic E-state index is 12.4. The molecule has 25 heavy (non-hydrogen) atoms. The first-order valence-corrected chi connectivity index (χ1v) is 8.91. The Hall–Kier alpha value is -2.55. The number of carbonyl (C=O) groups is 1. The summed E-state index contributed by atoms with van der Waals surface area (Å²) < 4.78 is 8.03. The zero-order valence-electron chi connectivity index (χ0n) is 15.2. The van der Waals surface area contributed by atoms with Crippen molar-refractivity contribution in [2.24, 2.45) is 0 Å². The second-order valence-electron chi connectivity index (χ2n) is 6.52. The Morgan fingerprint density at radius 2 is 1.88 bits per heavy atom. The summed E-state index contributed by atoms with van der Waals surface area (Å²) in [6, 6.07) is 14.2. The summed E-state index contributed by atoms with van der Waals surface area (Å²) in [7, 11) is 0. The second kappa shape index (κ2) is 7.56. The minimum Gasteiger partial charge on any atom is -0.492 e. The van der Waals surface area contributed by atoms with Crippen molar-refractivity contribution in [3.05, 3.63) is 65.4 Å². The van der Waals surface area contributed by atoms with Crippen LogP contribution in [0.25, 0.3) is 10.9 Å². The number of rotatable bonds is 7. The number of hydrogen-bond donors (Lipinski definition) is 0. The maximum Gasteiger partial charge on any atom is 0.165 e. The largest absolute Gasteiger partial charge is 0.492 e. The molecule has 130 valence electrons. The van der Waals surface area contributed by atoms with Gasteiger partial charge < -0.3 is 9.30 Å². The fourth-order valence-electron chi connectivity index (χ4n) is 3.08. The monoisotopic (exact) mass is 335 g/mol. The van der Waals surface area contributed by atoms with E-state index in [4.69, 9.17) is 4.74 Å². The summed E-state index contributed by atoms with van der Waals surface area (Å²) in [6.07, 6.45) is 3.44. The molecule has 0 aliphatic rings. The number of nitrogens with zero attached hydrogens (tertiary/aromatic N) is 1. The third-order valence-electron chi connectivity index (χ3n) is 4.65. The molecule has 2 aromatic carbocycles. The van der Waals surface area contributed by atoms with Crippen molar-refractivity contribution in [1.82, 2.24) is 4.57 Å². The highest BCUT2D eigenvalue weighted by Crippen LogP contribution is 2.23. The minimum atomic E-state index is 0.215. The first-order chi connectivity index (χ1) is 12.1. The van der Waals surface area contributed by atoms with Crippen molar-refractivity contribution in [3.8, 4) is 5.75 Å². The number of ketones is 1. The van der Waals surface area contributed by atoms with E-state index in [9.17, 15) is 4.79 Å². The zero-order chi connectivity index (χ0) is 17.8. The van der Waals surface area contributed by atoms with Gasteiger partial charge in [-0.1, -0.05) is 31.2 Å². The lowest BCUT2D eigenvalue weighted by Crippen LogP contribution is -2.07. The van der Waals surface area contributed by atoms with Gasteiger partial charge in [0.2, 0.25) is 0 Å². The number of aryl methyl sites for hydroxylation is 2. The van der Waals surface area contributed by atoms with Crippen molar-refractivity contribution in [2.75, 3.05) is 6.61 Å².